The second-order valence-corrected chi connectivity index (χ2v) is 7.10. The zero-order chi connectivity index (χ0) is 17.1. The molecule has 0 spiro atoms. The maximum Gasteiger partial charge on any atom is 0.315 e. The van der Waals surface area contributed by atoms with E-state index in [1.54, 1.807) is 18.2 Å². The van der Waals surface area contributed by atoms with Gasteiger partial charge in [-0.1, -0.05) is 28.8 Å². The van der Waals surface area contributed by atoms with Crippen molar-refractivity contribution in [1.82, 2.24) is 15.5 Å². The number of imide groups is 1. The van der Waals surface area contributed by atoms with E-state index in [0.717, 1.165) is 17.3 Å². The summed E-state index contributed by atoms with van der Waals surface area (Å²) in [6.07, 6.45) is 4.95. The topological polar surface area (TPSA) is 78.5 Å². The summed E-state index contributed by atoms with van der Waals surface area (Å²) in [6, 6.07) is 5.19. The molecule has 0 unspecified atom stereocenters. The molecule has 3 rings (SSSR count). The lowest BCUT2D eigenvalue weighted by Crippen LogP contribution is -2.42. The van der Waals surface area contributed by atoms with Crippen LogP contribution in [0.25, 0.3) is 0 Å². The second kappa shape index (κ2) is 7.34. The highest BCUT2D eigenvalue weighted by Crippen LogP contribution is 2.26. The van der Waals surface area contributed by atoms with Gasteiger partial charge in [-0.25, -0.2) is 4.79 Å². The minimum Gasteiger partial charge on any atom is -0.338 e. The predicted molar refractivity (Wildman–Crippen MR) is 92.9 cm³/mol. The average molecular weight is 394 g/mol. The van der Waals surface area contributed by atoms with Gasteiger partial charge >= 0.3 is 6.03 Å². The van der Waals surface area contributed by atoms with Crippen LogP contribution in [0.5, 0.6) is 0 Å². The van der Waals surface area contributed by atoms with Crippen molar-refractivity contribution in [2.45, 2.75) is 38.1 Å². The van der Waals surface area contributed by atoms with Crippen molar-refractivity contribution in [2.75, 3.05) is 13.1 Å². The lowest BCUT2D eigenvalue weighted by molar-refractivity contribution is 0.0653. The zero-order valence-corrected chi connectivity index (χ0v) is 14.9. The van der Waals surface area contributed by atoms with Gasteiger partial charge < -0.3 is 10.6 Å². The van der Waals surface area contributed by atoms with Crippen molar-refractivity contribution in [1.29, 1.82) is 0 Å². The molecule has 24 heavy (non-hydrogen) atoms. The molecule has 128 valence electrons. The van der Waals surface area contributed by atoms with Gasteiger partial charge in [0.25, 0.3) is 11.8 Å². The largest absolute Gasteiger partial charge is 0.338 e. The number of nitrogens with one attached hydrogen (secondary N) is 2. The highest BCUT2D eigenvalue weighted by atomic mass is 79.9. The molecule has 0 saturated heterocycles. The minimum atomic E-state index is -0.272. The summed E-state index contributed by atoms with van der Waals surface area (Å²) in [5.74, 6) is -0.537. The molecular formula is C17H20BrN3O3. The summed E-state index contributed by atoms with van der Waals surface area (Å²) in [7, 11) is 0. The number of hydrogen-bond donors (Lipinski definition) is 2. The molecule has 2 aliphatic rings. The molecule has 0 aromatic heterocycles. The zero-order valence-electron chi connectivity index (χ0n) is 13.3. The van der Waals surface area contributed by atoms with Crippen molar-refractivity contribution >= 4 is 33.8 Å². The van der Waals surface area contributed by atoms with Crippen molar-refractivity contribution in [3.63, 3.8) is 0 Å². The summed E-state index contributed by atoms with van der Waals surface area (Å²) in [4.78, 5) is 37.6. The van der Waals surface area contributed by atoms with Crippen LogP contribution in [0.15, 0.2) is 22.7 Å². The highest BCUT2D eigenvalue weighted by Gasteiger charge is 2.34. The Hall–Kier alpha value is -1.89. The van der Waals surface area contributed by atoms with Crippen LogP contribution in [0.2, 0.25) is 0 Å². The van der Waals surface area contributed by atoms with Gasteiger partial charge in [0.2, 0.25) is 0 Å². The molecule has 1 saturated carbocycles. The van der Waals surface area contributed by atoms with Crippen molar-refractivity contribution < 1.29 is 14.4 Å². The fraction of sp³-hybridized carbons (Fsp3) is 0.471. The lowest BCUT2D eigenvalue weighted by atomic mass is 10.1. The van der Waals surface area contributed by atoms with Crippen molar-refractivity contribution in [3.05, 3.63) is 33.8 Å². The van der Waals surface area contributed by atoms with Crippen LogP contribution < -0.4 is 10.6 Å². The monoisotopic (exact) mass is 393 g/mol. The Balaban J connectivity index is 1.45. The number of urea groups is 1. The summed E-state index contributed by atoms with van der Waals surface area (Å²) in [5.41, 5.74) is 0.872. The van der Waals surface area contributed by atoms with E-state index in [4.69, 9.17) is 0 Å². The summed E-state index contributed by atoms with van der Waals surface area (Å²) < 4.78 is 0.773. The Kier molecular flexibility index (Phi) is 5.18. The molecule has 4 amide bonds. The van der Waals surface area contributed by atoms with Gasteiger partial charge in [-0.15, -0.1) is 0 Å². The van der Waals surface area contributed by atoms with E-state index in [2.05, 4.69) is 26.6 Å². The molecule has 7 heteroatoms. The molecule has 1 aliphatic carbocycles. The highest BCUT2D eigenvalue weighted by molar-refractivity contribution is 9.10. The molecule has 0 bridgehead atoms. The molecule has 1 aliphatic heterocycles. The molecule has 1 heterocycles. The first kappa shape index (κ1) is 17.0. The van der Waals surface area contributed by atoms with Crippen LogP contribution >= 0.6 is 15.9 Å². The number of carbonyl (C=O) groups is 3. The normalized spacial score (nSPS) is 17.3. The van der Waals surface area contributed by atoms with E-state index < -0.39 is 0 Å². The maximum atomic E-state index is 12.3. The van der Waals surface area contributed by atoms with Gasteiger partial charge in [0.1, 0.15) is 0 Å². The van der Waals surface area contributed by atoms with Crippen LogP contribution in [0.1, 0.15) is 52.8 Å². The molecule has 0 radical (unpaired) electrons. The van der Waals surface area contributed by atoms with E-state index >= 15 is 0 Å². The van der Waals surface area contributed by atoms with E-state index in [1.165, 1.54) is 17.7 Å². The van der Waals surface area contributed by atoms with Crippen LogP contribution in [-0.4, -0.2) is 41.9 Å². The van der Waals surface area contributed by atoms with Crippen molar-refractivity contribution in [3.8, 4) is 0 Å². The third-order valence-corrected chi connectivity index (χ3v) is 4.96. The van der Waals surface area contributed by atoms with E-state index in [1.807, 2.05) is 0 Å². The smallest absolute Gasteiger partial charge is 0.315 e. The molecular weight excluding hydrogens is 374 g/mol. The van der Waals surface area contributed by atoms with Gasteiger partial charge in [0, 0.05) is 23.6 Å². The SMILES string of the molecule is O=C(NCCCN1C(=O)c2ccc(Br)cc2C1=O)NC1CCCC1. The number of rotatable bonds is 5. The third kappa shape index (κ3) is 3.61. The van der Waals surface area contributed by atoms with Gasteiger partial charge in [-0.2, -0.15) is 0 Å². The Morgan fingerprint density at radius 2 is 1.88 bits per heavy atom. The number of benzene rings is 1. The summed E-state index contributed by atoms with van der Waals surface area (Å²) >= 11 is 3.31. The summed E-state index contributed by atoms with van der Waals surface area (Å²) in [5, 5.41) is 5.73. The van der Waals surface area contributed by atoms with Gasteiger partial charge in [0.15, 0.2) is 0 Å². The summed E-state index contributed by atoms with van der Waals surface area (Å²) in [6.45, 7) is 0.726. The van der Waals surface area contributed by atoms with E-state index in [9.17, 15) is 14.4 Å². The molecule has 0 atom stereocenters. The number of amides is 4. The molecule has 1 aromatic rings. The molecule has 1 fully saturated rings. The second-order valence-electron chi connectivity index (χ2n) is 6.19. The minimum absolute atomic E-state index is 0.173. The first-order valence-electron chi connectivity index (χ1n) is 8.26. The standard InChI is InChI=1S/C17H20BrN3O3/c18-11-6-7-13-14(10-11)16(23)21(15(13)22)9-3-8-19-17(24)20-12-4-1-2-5-12/h6-7,10,12H,1-5,8-9H2,(H2,19,20,24). The van der Waals surface area contributed by atoms with Crippen LogP contribution in [0, 0.1) is 0 Å². The number of hydrogen-bond acceptors (Lipinski definition) is 3. The Labute approximate surface area is 149 Å². The Morgan fingerprint density at radius 1 is 1.17 bits per heavy atom. The predicted octanol–water partition coefficient (Wildman–Crippen LogP) is 2.68. The number of fused-ring (bicyclic) bond motifs is 1. The lowest BCUT2D eigenvalue weighted by Gasteiger charge is -2.15. The number of halogens is 1. The third-order valence-electron chi connectivity index (χ3n) is 4.47. The van der Waals surface area contributed by atoms with E-state index in [0.29, 0.717) is 30.6 Å². The van der Waals surface area contributed by atoms with Crippen LogP contribution in [-0.2, 0) is 0 Å². The number of carbonyl (C=O) groups excluding carboxylic acids is 3. The van der Waals surface area contributed by atoms with Gasteiger partial charge in [-0.05, 0) is 37.5 Å². The average Bonchev–Trinajstić information content (AvgIpc) is 3.13. The Morgan fingerprint density at radius 3 is 2.62 bits per heavy atom. The fourth-order valence-electron chi connectivity index (χ4n) is 3.21. The van der Waals surface area contributed by atoms with Crippen LogP contribution in [0.4, 0.5) is 4.79 Å². The first-order valence-corrected chi connectivity index (χ1v) is 9.05. The molecule has 2 N–H and O–H groups in total. The quantitative estimate of drug-likeness (QED) is 0.596. The van der Waals surface area contributed by atoms with Crippen molar-refractivity contribution in [2.24, 2.45) is 0 Å². The first-order chi connectivity index (χ1) is 11.6. The maximum absolute atomic E-state index is 12.3. The van der Waals surface area contributed by atoms with E-state index in [-0.39, 0.29) is 23.9 Å². The van der Waals surface area contributed by atoms with Crippen LogP contribution in [0.3, 0.4) is 0 Å². The Bertz CT molecular complexity index is 671. The molecule has 1 aromatic carbocycles. The van der Waals surface area contributed by atoms with Gasteiger partial charge in [-0.3, -0.25) is 14.5 Å². The molecule has 6 nitrogen and oxygen atoms in total. The van der Waals surface area contributed by atoms with Gasteiger partial charge in [0.05, 0.1) is 11.1 Å². The number of nitrogens with zero attached hydrogens (tertiary/aromatic N) is 1. The fourth-order valence-corrected chi connectivity index (χ4v) is 3.57.